The first-order chi connectivity index (χ1) is 15.3. The van der Waals surface area contributed by atoms with Crippen molar-refractivity contribution < 1.29 is 17.6 Å². The van der Waals surface area contributed by atoms with Crippen molar-refractivity contribution in [3.05, 3.63) is 94.3 Å². The van der Waals surface area contributed by atoms with Gasteiger partial charge < -0.3 is 9.13 Å². The van der Waals surface area contributed by atoms with E-state index < -0.39 is 22.2 Å². The first-order valence-electron chi connectivity index (χ1n) is 9.70. The minimum Gasteiger partial charge on any atom is -0.335 e. The van der Waals surface area contributed by atoms with E-state index in [-0.39, 0.29) is 12.1 Å². The summed E-state index contributed by atoms with van der Waals surface area (Å²) in [6.45, 7) is 1.80. The SMILES string of the molecule is Cc1c(-c2ccc(=O)n(Cc3ccccc3)c2)c2cc(F)ccc2n1CC(=O)N=S(=O)=O. The Kier molecular flexibility index (Phi) is 5.83. The van der Waals surface area contributed by atoms with E-state index in [4.69, 9.17) is 0 Å². The Bertz CT molecular complexity index is 1530. The van der Waals surface area contributed by atoms with Crippen LogP contribution in [-0.4, -0.2) is 23.5 Å². The van der Waals surface area contributed by atoms with Crippen LogP contribution in [0.4, 0.5) is 4.39 Å². The van der Waals surface area contributed by atoms with Crippen LogP contribution < -0.4 is 5.56 Å². The van der Waals surface area contributed by atoms with Gasteiger partial charge in [-0.25, -0.2) is 4.39 Å². The van der Waals surface area contributed by atoms with Crippen molar-refractivity contribution in [3.8, 4) is 11.1 Å². The lowest BCUT2D eigenvalue weighted by atomic mass is 10.0. The molecule has 0 fully saturated rings. The molecule has 0 saturated heterocycles. The van der Waals surface area contributed by atoms with Gasteiger partial charge in [0.05, 0.1) is 6.54 Å². The topological polar surface area (TPSA) is 90.5 Å². The molecule has 0 N–H and O–H groups in total. The Morgan fingerprint density at radius 2 is 1.81 bits per heavy atom. The van der Waals surface area contributed by atoms with Crippen LogP contribution in [0.2, 0.25) is 0 Å². The number of fused-ring (bicyclic) bond motifs is 1. The number of pyridine rings is 1. The van der Waals surface area contributed by atoms with E-state index in [2.05, 4.69) is 4.36 Å². The number of aromatic nitrogens is 2. The number of hydrogen-bond donors (Lipinski definition) is 0. The highest BCUT2D eigenvalue weighted by atomic mass is 32.2. The average molecular weight is 451 g/mol. The molecule has 0 saturated carbocycles. The molecular weight excluding hydrogens is 433 g/mol. The zero-order valence-electron chi connectivity index (χ0n) is 17.0. The lowest BCUT2D eigenvalue weighted by Gasteiger charge is -2.10. The molecule has 0 spiro atoms. The molecule has 2 aromatic heterocycles. The zero-order valence-corrected chi connectivity index (χ0v) is 17.8. The highest BCUT2D eigenvalue weighted by Crippen LogP contribution is 2.35. The van der Waals surface area contributed by atoms with Crippen molar-refractivity contribution in [2.75, 3.05) is 0 Å². The maximum atomic E-state index is 14.1. The summed E-state index contributed by atoms with van der Waals surface area (Å²) in [6.07, 6.45) is 1.70. The highest BCUT2D eigenvalue weighted by Gasteiger charge is 2.19. The second-order valence-corrected chi connectivity index (χ2v) is 7.90. The number of hydrogen-bond acceptors (Lipinski definition) is 4. The summed E-state index contributed by atoms with van der Waals surface area (Å²) in [7, 11) is -2.85. The number of carbonyl (C=O) groups is 1. The molecule has 7 nitrogen and oxygen atoms in total. The van der Waals surface area contributed by atoms with Gasteiger partial charge in [-0.2, -0.15) is 8.42 Å². The van der Waals surface area contributed by atoms with E-state index in [0.717, 1.165) is 5.56 Å². The predicted molar refractivity (Wildman–Crippen MR) is 118 cm³/mol. The minimum absolute atomic E-state index is 0.183. The Morgan fingerprint density at radius 1 is 1.06 bits per heavy atom. The molecule has 0 aliphatic heterocycles. The van der Waals surface area contributed by atoms with Crippen LogP contribution in [0.5, 0.6) is 0 Å². The molecule has 0 radical (unpaired) electrons. The van der Waals surface area contributed by atoms with Crippen LogP contribution in [-0.2, 0) is 28.4 Å². The summed E-state index contributed by atoms with van der Waals surface area (Å²) in [6, 6.07) is 16.8. The van der Waals surface area contributed by atoms with Crippen molar-refractivity contribution in [3.63, 3.8) is 0 Å². The number of nitrogens with zero attached hydrogens (tertiary/aromatic N) is 3. The van der Waals surface area contributed by atoms with Crippen LogP contribution in [0, 0.1) is 12.7 Å². The first kappa shape index (κ1) is 21.4. The van der Waals surface area contributed by atoms with Gasteiger partial charge in [0.15, 0.2) is 0 Å². The van der Waals surface area contributed by atoms with Crippen LogP contribution >= 0.6 is 0 Å². The van der Waals surface area contributed by atoms with Gasteiger partial charge in [-0.05, 0) is 36.8 Å². The molecule has 2 heterocycles. The maximum absolute atomic E-state index is 14.1. The number of halogens is 1. The first-order valence-corrected chi connectivity index (χ1v) is 10.7. The van der Waals surface area contributed by atoms with Gasteiger partial charge >= 0.3 is 10.5 Å². The molecular formula is C23H18FN3O4S. The van der Waals surface area contributed by atoms with Crippen LogP contribution in [0.1, 0.15) is 11.3 Å². The Balaban J connectivity index is 1.87. The molecule has 162 valence electrons. The fourth-order valence-corrected chi connectivity index (χ4v) is 4.08. The fourth-order valence-electron chi connectivity index (χ4n) is 3.85. The normalized spacial score (nSPS) is 10.9. The summed E-state index contributed by atoms with van der Waals surface area (Å²) in [5.41, 5.74) is 3.27. The number of rotatable bonds is 5. The molecule has 0 aliphatic rings. The van der Waals surface area contributed by atoms with E-state index in [1.165, 1.54) is 24.3 Å². The maximum Gasteiger partial charge on any atom is 0.319 e. The van der Waals surface area contributed by atoms with Gasteiger partial charge in [-0.1, -0.05) is 34.7 Å². The van der Waals surface area contributed by atoms with E-state index in [0.29, 0.717) is 34.3 Å². The number of benzene rings is 2. The fraction of sp³-hybridized carbons (Fsp3) is 0.130. The summed E-state index contributed by atoms with van der Waals surface area (Å²) in [4.78, 5) is 24.5. The van der Waals surface area contributed by atoms with Crippen molar-refractivity contribution in [1.29, 1.82) is 0 Å². The standard InChI is InChI=1S/C23H18FN3O4S/c1-15-23(17-7-10-22(29)26(13-17)12-16-5-3-2-4-6-16)19-11-18(24)8-9-20(19)27(15)14-21(28)25-32(30)31/h2-11,13H,12,14H2,1H3. The zero-order chi connectivity index (χ0) is 22.8. The van der Waals surface area contributed by atoms with Crippen LogP contribution in [0.25, 0.3) is 22.0 Å². The van der Waals surface area contributed by atoms with Gasteiger partial charge in [-0.15, -0.1) is 0 Å². The number of amides is 1. The molecule has 32 heavy (non-hydrogen) atoms. The van der Waals surface area contributed by atoms with Crippen molar-refractivity contribution in [1.82, 2.24) is 9.13 Å². The highest BCUT2D eigenvalue weighted by molar-refractivity contribution is 7.62. The molecule has 0 unspecified atom stereocenters. The third-order valence-corrected chi connectivity index (χ3v) is 5.58. The molecule has 0 atom stereocenters. The van der Waals surface area contributed by atoms with Crippen LogP contribution in [0.15, 0.2) is 76.0 Å². The Labute approximate surface area is 184 Å². The van der Waals surface area contributed by atoms with Gasteiger partial charge in [0.2, 0.25) is 0 Å². The average Bonchev–Trinajstić information content (AvgIpc) is 3.00. The van der Waals surface area contributed by atoms with Crippen molar-refractivity contribution in [2.45, 2.75) is 20.0 Å². The summed E-state index contributed by atoms with van der Waals surface area (Å²) in [5, 5.41) is 0.545. The minimum atomic E-state index is -2.85. The molecule has 2 aromatic carbocycles. The van der Waals surface area contributed by atoms with Crippen LogP contribution in [0.3, 0.4) is 0 Å². The summed E-state index contributed by atoms with van der Waals surface area (Å²) < 4.78 is 41.8. The lowest BCUT2D eigenvalue weighted by molar-refractivity contribution is -0.118. The Morgan fingerprint density at radius 3 is 2.53 bits per heavy atom. The number of carbonyl (C=O) groups excluding carboxylic acids is 1. The molecule has 1 amide bonds. The van der Waals surface area contributed by atoms with E-state index in [9.17, 15) is 22.4 Å². The molecule has 0 bridgehead atoms. The van der Waals surface area contributed by atoms with Gasteiger partial charge in [-0.3, -0.25) is 9.59 Å². The van der Waals surface area contributed by atoms with Gasteiger partial charge in [0.1, 0.15) is 12.4 Å². The summed E-state index contributed by atoms with van der Waals surface area (Å²) in [5.74, 6) is -1.30. The van der Waals surface area contributed by atoms with Gasteiger partial charge in [0.25, 0.3) is 11.5 Å². The quantitative estimate of drug-likeness (QED) is 0.464. The molecule has 0 aliphatic carbocycles. The van der Waals surface area contributed by atoms with E-state index in [1.807, 2.05) is 30.3 Å². The van der Waals surface area contributed by atoms with E-state index in [1.54, 1.807) is 28.3 Å². The predicted octanol–water partition coefficient (Wildman–Crippen LogP) is 3.56. The monoisotopic (exact) mass is 451 g/mol. The largest absolute Gasteiger partial charge is 0.335 e. The third-order valence-electron chi connectivity index (χ3n) is 5.22. The molecule has 4 rings (SSSR count). The lowest BCUT2D eigenvalue weighted by Crippen LogP contribution is -2.19. The molecule has 4 aromatic rings. The second-order valence-electron chi connectivity index (χ2n) is 7.28. The third kappa shape index (κ3) is 4.28. The summed E-state index contributed by atoms with van der Waals surface area (Å²) >= 11 is 0. The van der Waals surface area contributed by atoms with E-state index >= 15 is 0 Å². The smallest absolute Gasteiger partial charge is 0.319 e. The van der Waals surface area contributed by atoms with Gasteiger partial charge in [0, 0.05) is 40.0 Å². The van der Waals surface area contributed by atoms with Crippen molar-refractivity contribution >= 4 is 27.3 Å². The second kappa shape index (κ2) is 8.72. The van der Waals surface area contributed by atoms with Crippen molar-refractivity contribution in [2.24, 2.45) is 4.36 Å². The Hall–Kier alpha value is -3.85. The molecule has 9 heteroatoms.